The van der Waals surface area contributed by atoms with Gasteiger partial charge in [0.05, 0.1) is 0 Å². The normalized spacial score (nSPS) is 15.0. The first-order valence-electron chi connectivity index (χ1n) is 4.29. The third kappa shape index (κ3) is 1.37. The number of aromatic hydroxyl groups is 1. The van der Waals surface area contributed by atoms with Crippen molar-refractivity contribution in [3.05, 3.63) is 23.3 Å². The van der Waals surface area contributed by atoms with E-state index in [1.165, 1.54) is 0 Å². The van der Waals surface area contributed by atoms with E-state index in [0.29, 0.717) is 12.8 Å². The summed E-state index contributed by atoms with van der Waals surface area (Å²) in [5.41, 5.74) is 2.57. The lowest BCUT2D eigenvalue weighted by atomic mass is 10.00. The SMILES string of the molecule is Cc1cc(O)c2c(c1)NC(=O)CC2. The Morgan fingerprint density at radius 3 is 2.92 bits per heavy atom. The van der Waals surface area contributed by atoms with Crippen molar-refractivity contribution in [2.75, 3.05) is 5.32 Å². The number of nitrogens with one attached hydrogen (secondary N) is 1. The number of aryl methyl sites for hydroxylation is 1. The van der Waals surface area contributed by atoms with Gasteiger partial charge >= 0.3 is 0 Å². The number of fused-ring (bicyclic) bond motifs is 1. The van der Waals surface area contributed by atoms with Gasteiger partial charge < -0.3 is 10.4 Å². The summed E-state index contributed by atoms with van der Waals surface area (Å²) in [5, 5.41) is 12.3. The third-order valence-corrected chi connectivity index (χ3v) is 2.25. The Balaban J connectivity index is 2.53. The lowest BCUT2D eigenvalue weighted by molar-refractivity contribution is -0.116. The molecule has 0 fully saturated rings. The molecule has 3 nitrogen and oxygen atoms in total. The van der Waals surface area contributed by atoms with Gasteiger partial charge in [0.25, 0.3) is 0 Å². The molecule has 0 aliphatic carbocycles. The first-order valence-corrected chi connectivity index (χ1v) is 4.29. The molecule has 0 saturated heterocycles. The fourth-order valence-electron chi connectivity index (χ4n) is 1.62. The second kappa shape index (κ2) is 2.76. The van der Waals surface area contributed by atoms with E-state index in [-0.39, 0.29) is 11.7 Å². The topological polar surface area (TPSA) is 49.3 Å². The molecule has 1 aliphatic heterocycles. The van der Waals surface area contributed by atoms with Crippen LogP contribution in [0.3, 0.4) is 0 Å². The molecule has 0 spiro atoms. The lowest BCUT2D eigenvalue weighted by Crippen LogP contribution is -2.19. The highest BCUT2D eigenvalue weighted by Crippen LogP contribution is 2.31. The molecule has 0 aromatic heterocycles. The van der Waals surface area contributed by atoms with Crippen molar-refractivity contribution in [1.82, 2.24) is 0 Å². The van der Waals surface area contributed by atoms with Gasteiger partial charge in [-0.25, -0.2) is 0 Å². The van der Waals surface area contributed by atoms with E-state index in [0.717, 1.165) is 16.8 Å². The largest absolute Gasteiger partial charge is 0.508 e. The minimum absolute atomic E-state index is 0.0255. The van der Waals surface area contributed by atoms with Gasteiger partial charge in [0, 0.05) is 17.7 Å². The number of hydrogen-bond acceptors (Lipinski definition) is 2. The van der Waals surface area contributed by atoms with Crippen molar-refractivity contribution in [3.8, 4) is 5.75 Å². The molecule has 0 atom stereocenters. The Morgan fingerprint density at radius 2 is 2.15 bits per heavy atom. The maximum absolute atomic E-state index is 11.1. The molecular weight excluding hydrogens is 166 g/mol. The molecule has 0 unspecified atom stereocenters. The van der Waals surface area contributed by atoms with Crippen LogP contribution in [-0.2, 0) is 11.2 Å². The number of anilines is 1. The molecule has 13 heavy (non-hydrogen) atoms. The minimum Gasteiger partial charge on any atom is -0.508 e. The van der Waals surface area contributed by atoms with Gasteiger partial charge in [-0.3, -0.25) is 4.79 Å². The molecule has 1 amide bonds. The second-order valence-electron chi connectivity index (χ2n) is 3.36. The number of carbonyl (C=O) groups is 1. The molecule has 1 aliphatic rings. The second-order valence-corrected chi connectivity index (χ2v) is 3.36. The average molecular weight is 177 g/mol. The van der Waals surface area contributed by atoms with Gasteiger partial charge in [-0.2, -0.15) is 0 Å². The quantitative estimate of drug-likeness (QED) is 0.632. The molecule has 68 valence electrons. The highest BCUT2D eigenvalue weighted by atomic mass is 16.3. The van der Waals surface area contributed by atoms with E-state index >= 15 is 0 Å². The zero-order chi connectivity index (χ0) is 9.42. The summed E-state index contributed by atoms with van der Waals surface area (Å²) >= 11 is 0. The van der Waals surface area contributed by atoms with Crippen molar-refractivity contribution in [2.45, 2.75) is 19.8 Å². The van der Waals surface area contributed by atoms with E-state index in [1.807, 2.05) is 13.0 Å². The van der Waals surface area contributed by atoms with Crippen LogP contribution in [0.1, 0.15) is 17.5 Å². The predicted molar refractivity (Wildman–Crippen MR) is 49.8 cm³/mol. The van der Waals surface area contributed by atoms with Crippen LogP contribution >= 0.6 is 0 Å². The van der Waals surface area contributed by atoms with E-state index in [9.17, 15) is 9.90 Å². The van der Waals surface area contributed by atoms with Crippen LogP contribution in [0.4, 0.5) is 5.69 Å². The van der Waals surface area contributed by atoms with Crippen LogP contribution in [0.5, 0.6) is 5.75 Å². The molecule has 0 radical (unpaired) electrons. The smallest absolute Gasteiger partial charge is 0.224 e. The summed E-state index contributed by atoms with van der Waals surface area (Å²) in [5.74, 6) is 0.313. The molecule has 0 saturated carbocycles. The van der Waals surface area contributed by atoms with Crippen LogP contribution in [-0.4, -0.2) is 11.0 Å². The van der Waals surface area contributed by atoms with Crippen LogP contribution < -0.4 is 5.32 Å². The number of phenols is 1. The van der Waals surface area contributed by atoms with E-state index in [4.69, 9.17) is 0 Å². The number of carbonyl (C=O) groups excluding carboxylic acids is 1. The van der Waals surface area contributed by atoms with Crippen molar-refractivity contribution in [1.29, 1.82) is 0 Å². The van der Waals surface area contributed by atoms with Crippen molar-refractivity contribution >= 4 is 11.6 Å². The minimum atomic E-state index is 0.0255. The molecule has 0 bridgehead atoms. The van der Waals surface area contributed by atoms with Crippen molar-refractivity contribution < 1.29 is 9.90 Å². The van der Waals surface area contributed by atoms with Crippen molar-refractivity contribution in [3.63, 3.8) is 0 Å². The van der Waals surface area contributed by atoms with E-state index < -0.39 is 0 Å². The maximum atomic E-state index is 11.1. The highest BCUT2D eigenvalue weighted by molar-refractivity contribution is 5.94. The van der Waals surface area contributed by atoms with E-state index in [2.05, 4.69) is 5.32 Å². The zero-order valence-electron chi connectivity index (χ0n) is 7.42. The van der Waals surface area contributed by atoms with Gasteiger partial charge in [0.1, 0.15) is 5.75 Å². The Hall–Kier alpha value is -1.51. The standard InChI is InChI=1S/C10H11NO2/c1-6-4-8-7(9(12)5-6)2-3-10(13)11-8/h4-5,12H,2-3H2,1H3,(H,11,13). The van der Waals surface area contributed by atoms with Gasteiger partial charge in [-0.05, 0) is 31.0 Å². The monoisotopic (exact) mass is 177 g/mol. The Morgan fingerprint density at radius 1 is 1.38 bits per heavy atom. The van der Waals surface area contributed by atoms with Crippen LogP contribution in [0.2, 0.25) is 0 Å². The third-order valence-electron chi connectivity index (χ3n) is 2.25. The number of phenolic OH excluding ortho intramolecular Hbond substituents is 1. The molecule has 1 aromatic rings. The summed E-state index contributed by atoms with van der Waals surface area (Å²) in [4.78, 5) is 11.1. The number of rotatable bonds is 0. The predicted octanol–water partition coefficient (Wildman–Crippen LogP) is 1.59. The number of amides is 1. The summed E-state index contributed by atoms with van der Waals surface area (Å²) < 4.78 is 0. The Kier molecular flexibility index (Phi) is 1.72. The number of benzene rings is 1. The fourth-order valence-corrected chi connectivity index (χ4v) is 1.62. The summed E-state index contributed by atoms with van der Waals surface area (Å²) in [6, 6.07) is 3.60. The molecule has 2 rings (SSSR count). The van der Waals surface area contributed by atoms with Gasteiger partial charge in [0.15, 0.2) is 0 Å². The van der Waals surface area contributed by atoms with Crippen LogP contribution in [0.15, 0.2) is 12.1 Å². The summed E-state index contributed by atoms with van der Waals surface area (Å²) in [6.45, 7) is 1.89. The number of hydrogen-bond donors (Lipinski definition) is 2. The Labute approximate surface area is 76.4 Å². The fraction of sp³-hybridized carbons (Fsp3) is 0.300. The Bertz CT molecular complexity index is 371. The highest BCUT2D eigenvalue weighted by Gasteiger charge is 2.17. The molecule has 1 aromatic carbocycles. The van der Waals surface area contributed by atoms with Gasteiger partial charge in [0.2, 0.25) is 5.91 Å². The van der Waals surface area contributed by atoms with Crippen molar-refractivity contribution in [2.24, 2.45) is 0 Å². The first kappa shape index (κ1) is 8.10. The lowest BCUT2D eigenvalue weighted by Gasteiger charge is -2.18. The zero-order valence-corrected chi connectivity index (χ0v) is 7.42. The van der Waals surface area contributed by atoms with Crippen LogP contribution in [0.25, 0.3) is 0 Å². The molecule has 2 N–H and O–H groups in total. The van der Waals surface area contributed by atoms with Gasteiger partial charge in [-0.1, -0.05) is 0 Å². The van der Waals surface area contributed by atoms with Gasteiger partial charge in [-0.15, -0.1) is 0 Å². The maximum Gasteiger partial charge on any atom is 0.224 e. The molecule has 3 heteroatoms. The molecule has 1 heterocycles. The summed E-state index contributed by atoms with van der Waals surface area (Å²) in [6.07, 6.45) is 1.09. The average Bonchev–Trinajstić information content (AvgIpc) is 2.02. The first-order chi connectivity index (χ1) is 6.16. The van der Waals surface area contributed by atoms with E-state index in [1.54, 1.807) is 6.07 Å². The summed E-state index contributed by atoms with van der Waals surface area (Å²) in [7, 11) is 0. The van der Waals surface area contributed by atoms with Crippen LogP contribution in [0, 0.1) is 6.92 Å². The molecular formula is C10H11NO2.